The fourth-order valence-corrected chi connectivity index (χ4v) is 3.21. The van der Waals surface area contributed by atoms with Gasteiger partial charge in [0.15, 0.2) is 9.84 Å². The lowest BCUT2D eigenvalue weighted by atomic mass is 10.3. The predicted octanol–water partition coefficient (Wildman–Crippen LogP) is 3.09. The largest absolute Gasteiger partial charge is 0.323 e. The summed E-state index contributed by atoms with van der Waals surface area (Å²) in [5.41, 5.74) is -0.106. The molecule has 0 aromatic heterocycles. The average molecular weight is 333 g/mol. The summed E-state index contributed by atoms with van der Waals surface area (Å²) >= 11 is 1.49. The first-order valence-corrected chi connectivity index (χ1v) is 9.61. The van der Waals surface area contributed by atoms with E-state index in [0.29, 0.717) is 0 Å². The van der Waals surface area contributed by atoms with E-state index < -0.39 is 15.7 Å². The van der Waals surface area contributed by atoms with E-state index in [4.69, 9.17) is 0 Å². The highest BCUT2D eigenvalue weighted by atomic mass is 32.2. The minimum atomic E-state index is -3.44. The molecule has 1 rings (SSSR count). The molecule has 1 atom stereocenters. The van der Waals surface area contributed by atoms with Gasteiger partial charge in [-0.2, -0.15) is 0 Å². The summed E-state index contributed by atoms with van der Waals surface area (Å²) in [7, 11) is -3.44. The maximum absolute atomic E-state index is 13.7. The second-order valence-electron chi connectivity index (χ2n) is 4.77. The normalized spacial score (nSPS) is 13.0. The molecule has 0 aliphatic carbocycles. The highest BCUT2D eigenvalue weighted by Crippen LogP contribution is 2.21. The van der Waals surface area contributed by atoms with Crippen molar-refractivity contribution in [2.24, 2.45) is 0 Å². The summed E-state index contributed by atoms with van der Waals surface area (Å²) in [5, 5.41) is 2.13. The van der Waals surface area contributed by atoms with E-state index in [0.717, 1.165) is 37.0 Å². The molecule has 0 aliphatic heterocycles. The third-order valence-corrected chi connectivity index (χ3v) is 5.21. The molecule has 0 radical (unpaired) electrons. The van der Waals surface area contributed by atoms with Crippen molar-refractivity contribution in [2.45, 2.75) is 36.8 Å². The Morgan fingerprint density at radius 2 is 2.10 bits per heavy atom. The van der Waals surface area contributed by atoms with Gasteiger partial charge in [0, 0.05) is 6.26 Å². The van der Waals surface area contributed by atoms with Gasteiger partial charge in [0.1, 0.15) is 5.82 Å². The van der Waals surface area contributed by atoms with Gasteiger partial charge >= 0.3 is 0 Å². The van der Waals surface area contributed by atoms with E-state index in [1.54, 1.807) is 6.92 Å². The number of sulfone groups is 1. The van der Waals surface area contributed by atoms with Crippen molar-refractivity contribution in [1.29, 1.82) is 0 Å². The van der Waals surface area contributed by atoms with Crippen LogP contribution in [0.5, 0.6) is 0 Å². The number of hydrogen-bond acceptors (Lipinski definition) is 4. The van der Waals surface area contributed by atoms with Crippen molar-refractivity contribution in [3.8, 4) is 0 Å². The summed E-state index contributed by atoms with van der Waals surface area (Å²) < 4.78 is 36.6. The molecule has 0 saturated carbocycles. The summed E-state index contributed by atoms with van der Waals surface area (Å²) in [5.74, 6) is -0.126. The summed E-state index contributed by atoms with van der Waals surface area (Å²) in [4.78, 5) is 11.9. The molecule has 1 unspecified atom stereocenters. The van der Waals surface area contributed by atoms with Crippen LogP contribution in [0.25, 0.3) is 0 Å². The summed E-state index contributed by atoms with van der Waals surface area (Å²) in [6.07, 6.45) is 3.10. The topological polar surface area (TPSA) is 63.2 Å². The van der Waals surface area contributed by atoms with Crippen LogP contribution in [0.4, 0.5) is 10.1 Å². The number of nitrogens with one attached hydrogen (secondary N) is 1. The van der Waals surface area contributed by atoms with Crippen LogP contribution in [0.3, 0.4) is 0 Å². The molecular formula is C14H20FNO3S2. The lowest BCUT2D eigenvalue weighted by Gasteiger charge is -2.13. The van der Waals surface area contributed by atoms with Gasteiger partial charge in [-0.1, -0.05) is 13.3 Å². The number of unbranched alkanes of at least 4 members (excludes halogenated alkanes) is 1. The van der Waals surface area contributed by atoms with Crippen LogP contribution in [0, 0.1) is 5.82 Å². The van der Waals surface area contributed by atoms with Crippen LogP contribution in [-0.2, 0) is 14.6 Å². The van der Waals surface area contributed by atoms with Gasteiger partial charge in [-0.15, -0.1) is 11.8 Å². The SMILES string of the molecule is CCCCSC(C)C(=O)Nc1cc(S(C)(=O)=O)ccc1F. The van der Waals surface area contributed by atoms with Crippen LogP contribution in [0.15, 0.2) is 23.1 Å². The Bertz CT molecular complexity index is 602. The zero-order valence-corrected chi connectivity index (χ0v) is 14.0. The second-order valence-corrected chi connectivity index (χ2v) is 8.23. The first kappa shape index (κ1) is 18.0. The molecule has 0 aliphatic rings. The van der Waals surface area contributed by atoms with Gasteiger partial charge in [-0.05, 0) is 37.3 Å². The average Bonchev–Trinajstić information content (AvgIpc) is 2.40. The first-order valence-electron chi connectivity index (χ1n) is 6.67. The Kier molecular flexibility index (Phi) is 6.67. The molecule has 21 heavy (non-hydrogen) atoms. The minimum Gasteiger partial charge on any atom is -0.323 e. The van der Waals surface area contributed by atoms with Gasteiger partial charge in [-0.3, -0.25) is 4.79 Å². The zero-order valence-electron chi connectivity index (χ0n) is 12.3. The maximum Gasteiger partial charge on any atom is 0.237 e. The number of hydrogen-bond donors (Lipinski definition) is 1. The Balaban J connectivity index is 2.80. The predicted molar refractivity (Wildman–Crippen MR) is 85.0 cm³/mol. The minimum absolute atomic E-state index is 0.0227. The monoisotopic (exact) mass is 333 g/mol. The molecule has 0 bridgehead atoms. The highest BCUT2D eigenvalue weighted by Gasteiger charge is 2.17. The summed E-state index contributed by atoms with van der Waals surface area (Å²) in [6.45, 7) is 3.81. The first-order chi connectivity index (χ1) is 9.75. The fourth-order valence-electron chi connectivity index (χ4n) is 1.55. The molecule has 0 heterocycles. The standard InChI is InChI=1S/C14H20FNO3S2/c1-4-5-8-20-10(2)14(17)16-13-9-11(21(3,18)19)6-7-12(13)15/h6-7,9-10H,4-5,8H2,1-3H3,(H,16,17). The molecule has 1 aromatic rings. The van der Waals surface area contributed by atoms with Crippen molar-refractivity contribution in [2.75, 3.05) is 17.3 Å². The van der Waals surface area contributed by atoms with E-state index in [2.05, 4.69) is 12.2 Å². The van der Waals surface area contributed by atoms with Crippen LogP contribution in [0.1, 0.15) is 26.7 Å². The number of carbonyl (C=O) groups is 1. The van der Waals surface area contributed by atoms with E-state index in [9.17, 15) is 17.6 Å². The fraction of sp³-hybridized carbons (Fsp3) is 0.500. The maximum atomic E-state index is 13.7. The number of carbonyl (C=O) groups excluding carboxylic acids is 1. The smallest absolute Gasteiger partial charge is 0.237 e. The van der Waals surface area contributed by atoms with Crippen molar-refractivity contribution in [3.05, 3.63) is 24.0 Å². The number of amides is 1. The van der Waals surface area contributed by atoms with Crippen LogP contribution >= 0.6 is 11.8 Å². The van der Waals surface area contributed by atoms with Crippen molar-refractivity contribution >= 4 is 33.2 Å². The van der Waals surface area contributed by atoms with Gasteiger partial charge in [0.25, 0.3) is 0 Å². The van der Waals surface area contributed by atoms with Gasteiger partial charge in [0.05, 0.1) is 15.8 Å². The van der Waals surface area contributed by atoms with E-state index in [-0.39, 0.29) is 21.7 Å². The highest BCUT2D eigenvalue weighted by molar-refractivity contribution is 8.00. The third kappa shape index (κ3) is 5.67. The van der Waals surface area contributed by atoms with E-state index >= 15 is 0 Å². The van der Waals surface area contributed by atoms with Gasteiger partial charge in [0.2, 0.25) is 5.91 Å². The summed E-state index contributed by atoms with van der Waals surface area (Å²) in [6, 6.07) is 3.37. The lowest BCUT2D eigenvalue weighted by Crippen LogP contribution is -2.23. The Morgan fingerprint density at radius 3 is 2.67 bits per heavy atom. The van der Waals surface area contributed by atoms with Crippen molar-refractivity contribution < 1.29 is 17.6 Å². The number of thioether (sulfide) groups is 1. The molecule has 0 saturated heterocycles. The van der Waals surface area contributed by atoms with Crippen LogP contribution in [-0.4, -0.2) is 31.6 Å². The third-order valence-electron chi connectivity index (χ3n) is 2.86. The number of benzene rings is 1. The Hall–Kier alpha value is -1.08. The molecule has 4 nitrogen and oxygen atoms in total. The van der Waals surface area contributed by atoms with Crippen LogP contribution < -0.4 is 5.32 Å². The second kappa shape index (κ2) is 7.79. The van der Waals surface area contributed by atoms with Gasteiger partial charge in [-0.25, -0.2) is 12.8 Å². The molecule has 118 valence electrons. The molecule has 0 fully saturated rings. The molecular weight excluding hydrogens is 313 g/mol. The quantitative estimate of drug-likeness (QED) is 0.615. The number of rotatable bonds is 7. The van der Waals surface area contributed by atoms with E-state index in [1.165, 1.54) is 17.8 Å². The van der Waals surface area contributed by atoms with Crippen molar-refractivity contribution in [1.82, 2.24) is 0 Å². The number of halogens is 1. The van der Waals surface area contributed by atoms with Gasteiger partial charge < -0.3 is 5.32 Å². The molecule has 1 N–H and O–H groups in total. The molecule has 0 spiro atoms. The number of anilines is 1. The molecule has 1 aromatic carbocycles. The van der Waals surface area contributed by atoms with Crippen molar-refractivity contribution in [3.63, 3.8) is 0 Å². The zero-order chi connectivity index (χ0) is 16.0. The molecule has 7 heteroatoms. The lowest BCUT2D eigenvalue weighted by molar-refractivity contribution is -0.115. The van der Waals surface area contributed by atoms with Crippen LogP contribution in [0.2, 0.25) is 0 Å². The van der Waals surface area contributed by atoms with E-state index in [1.807, 2.05) is 0 Å². The molecule has 1 amide bonds. The Morgan fingerprint density at radius 1 is 1.43 bits per heavy atom. The Labute approximate surface area is 129 Å².